The molecule has 4 N–H and O–H groups in total. The van der Waals surface area contributed by atoms with Gasteiger partial charge in [-0.3, -0.25) is 9.59 Å². The van der Waals surface area contributed by atoms with Gasteiger partial charge in [-0.15, -0.1) is 0 Å². The van der Waals surface area contributed by atoms with Crippen molar-refractivity contribution in [3.8, 4) is 22.4 Å². The predicted molar refractivity (Wildman–Crippen MR) is 226 cm³/mol. The van der Waals surface area contributed by atoms with Crippen molar-refractivity contribution in [3.63, 3.8) is 0 Å². The number of benzene rings is 3. The summed E-state index contributed by atoms with van der Waals surface area (Å²) >= 11 is 6.80. The number of methoxy groups -OCH3 is 2. The molecule has 1 saturated heterocycles. The van der Waals surface area contributed by atoms with E-state index in [1.165, 1.54) is 14.2 Å². The monoisotopic (exact) mass is 824 g/mol. The number of piperidine rings is 1. The van der Waals surface area contributed by atoms with E-state index in [9.17, 15) is 19.2 Å². The van der Waals surface area contributed by atoms with Gasteiger partial charge in [0.15, 0.2) is 5.15 Å². The predicted octanol–water partition coefficient (Wildman–Crippen LogP) is 7.98. The first-order valence-electron chi connectivity index (χ1n) is 20.4. The Labute approximate surface area is 348 Å². The first-order chi connectivity index (χ1) is 28.3. The highest BCUT2D eigenvalue weighted by molar-refractivity contribution is 6.32. The van der Waals surface area contributed by atoms with Crippen LogP contribution >= 0.6 is 11.6 Å². The maximum absolute atomic E-state index is 14.0. The molecule has 0 spiro atoms. The van der Waals surface area contributed by atoms with E-state index in [4.69, 9.17) is 31.0 Å². The van der Waals surface area contributed by atoms with E-state index >= 15 is 0 Å². The summed E-state index contributed by atoms with van der Waals surface area (Å²) in [4.78, 5) is 71.9. The van der Waals surface area contributed by atoms with Gasteiger partial charge < -0.3 is 39.9 Å². The fraction of sp³-hybridized carbons (Fsp3) is 0.455. The average molecular weight is 825 g/mol. The lowest BCUT2D eigenvalue weighted by Crippen LogP contribution is -2.54. The molecular weight excluding hydrogens is 772 g/mol. The number of hydrogen-bond donors (Lipinski definition) is 4. The van der Waals surface area contributed by atoms with Crippen LogP contribution in [-0.2, 0) is 25.6 Å². The van der Waals surface area contributed by atoms with Crippen molar-refractivity contribution in [2.45, 2.75) is 91.0 Å². The summed E-state index contributed by atoms with van der Waals surface area (Å²) in [5, 5.41) is 7.81. The standard InChI is InChI=1S/C44H53ClN8O6/c1-8-19-52(41(54)34(23(2)3)49-43(56)58-6)22-33-46-32-18-15-28-20-27(14-17-31(28)37(32)47-33)25-9-11-26(12-10-25)36-39(45)51-40(48-36)38-29-13-16-30(21-29)53(38)42(55)35(24(4)5)50-44(57)59-7/h9-12,14-15,17-18,20,23-24,29-30,34-35,38H,8,13,16,19,21-22H2,1-7H3,(H,46,47)(H,48,51)(H,49,56)(H,50,57)/t29-,30+,34-,35-,38?/m0/s1. The molecule has 59 heavy (non-hydrogen) atoms. The first kappa shape index (κ1) is 41.5. The summed E-state index contributed by atoms with van der Waals surface area (Å²) in [5.41, 5.74) is 5.30. The number of aromatic nitrogens is 4. The van der Waals surface area contributed by atoms with Gasteiger partial charge in [0.2, 0.25) is 11.8 Å². The van der Waals surface area contributed by atoms with Crippen LogP contribution in [0.3, 0.4) is 0 Å². The van der Waals surface area contributed by atoms with Gasteiger partial charge in [-0.1, -0.05) is 88.7 Å². The molecule has 3 heterocycles. The van der Waals surface area contributed by atoms with Crippen molar-refractivity contribution < 1.29 is 28.7 Å². The fourth-order valence-electron chi connectivity index (χ4n) is 8.78. The highest BCUT2D eigenvalue weighted by Crippen LogP contribution is 2.50. The zero-order chi connectivity index (χ0) is 42.1. The van der Waals surface area contributed by atoms with Gasteiger partial charge in [0.25, 0.3) is 0 Å². The number of aromatic amines is 2. The van der Waals surface area contributed by atoms with E-state index in [1.54, 1.807) is 4.90 Å². The van der Waals surface area contributed by atoms with E-state index in [2.05, 4.69) is 57.0 Å². The number of alkyl carbamates (subject to hydrolysis) is 2. The Morgan fingerprint density at radius 1 is 0.864 bits per heavy atom. The lowest BCUT2D eigenvalue weighted by molar-refractivity contribution is -0.139. The minimum atomic E-state index is -0.724. The summed E-state index contributed by atoms with van der Waals surface area (Å²) in [6, 6.07) is 16.8. The summed E-state index contributed by atoms with van der Waals surface area (Å²) < 4.78 is 9.59. The average Bonchev–Trinajstić information content (AvgIpc) is 4.04. The Morgan fingerprint density at radius 3 is 2.19 bits per heavy atom. The maximum Gasteiger partial charge on any atom is 0.407 e. The van der Waals surface area contributed by atoms with Crippen LogP contribution in [-0.4, -0.2) is 92.6 Å². The van der Waals surface area contributed by atoms with E-state index in [1.807, 2.05) is 57.7 Å². The Kier molecular flexibility index (Phi) is 12.2. The van der Waals surface area contributed by atoms with Gasteiger partial charge in [0.1, 0.15) is 23.7 Å². The molecule has 14 nitrogen and oxygen atoms in total. The molecule has 5 atom stereocenters. The second-order valence-electron chi connectivity index (χ2n) is 16.3. The number of halogens is 1. The van der Waals surface area contributed by atoms with Crippen LogP contribution < -0.4 is 10.6 Å². The number of carbonyl (C=O) groups is 4. The summed E-state index contributed by atoms with van der Waals surface area (Å²) in [6.45, 7) is 10.4. The number of hydrogen-bond acceptors (Lipinski definition) is 8. The molecule has 3 aromatic carbocycles. The minimum absolute atomic E-state index is 0.0749. The van der Waals surface area contributed by atoms with Crippen molar-refractivity contribution in [1.82, 2.24) is 40.4 Å². The van der Waals surface area contributed by atoms with E-state index in [-0.39, 0.29) is 48.2 Å². The van der Waals surface area contributed by atoms with E-state index in [0.29, 0.717) is 29.0 Å². The normalized spacial score (nSPS) is 18.4. The lowest BCUT2D eigenvalue weighted by Gasteiger charge is -2.37. The summed E-state index contributed by atoms with van der Waals surface area (Å²) in [7, 11) is 2.58. The van der Waals surface area contributed by atoms with Gasteiger partial charge in [-0.05, 0) is 72.1 Å². The second kappa shape index (κ2) is 17.3. The Balaban J connectivity index is 1.10. The van der Waals surface area contributed by atoms with Gasteiger partial charge in [0, 0.05) is 23.5 Å². The van der Waals surface area contributed by atoms with E-state index < -0.39 is 24.3 Å². The molecule has 5 aromatic rings. The molecule has 15 heteroatoms. The molecule has 2 aliphatic rings. The van der Waals surface area contributed by atoms with Gasteiger partial charge in [0.05, 0.1) is 43.5 Å². The lowest BCUT2D eigenvalue weighted by atomic mass is 9.95. The molecule has 1 saturated carbocycles. The van der Waals surface area contributed by atoms with Crippen LogP contribution in [0.5, 0.6) is 0 Å². The summed E-state index contributed by atoms with van der Waals surface area (Å²) in [5.74, 6) is 0.963. The number of carbonyl (C=O) groups excluding carboxylic acids is 4. The van der Waals surface area contributed by atoms with Crippen molar-refractivity contribution in [2.24, 2.45) is 17.8 Å². The quantitative estimate of drug-likeness (QED) is 0.0925. The molecule has 2 fully saturated rings. The fourth-order valence-corrected chi connectivity index (χ4v) is 9.02. The number of nitrogens with one attached hydrogen (secondary N) is 4. The number of imidazole rings is 2. The van der Waals surface area contributed by atoms with Crippen molar-refractivity contribution in [1.29, 1.82) is 0 Å². The third kappa shape index (κ3) is 8.32. The van der Waals surface area contributed by atoms with Crippen LogP contribution in [0.2, 0.25) is 5.15 Å². The molecular formula is C44H53ClN8O6. The molecule has 7 rings (SSSR count). The highest BCUT2D eigenvalue weighted by Gasteiger charge is 2.51. The molecule has 4 amide bonds. The molecule has 1 aliphatic heterocycles. The highest BCUT2D eigenvalue weighted by atomic mass is 35.5. The molecule has 2 aromatic heterocycles. The molecule has 312 valence electrons. The second-order valence-corrected chi connectivity index (χ2v) is 16.7. The third-order valence-electron chi connectivity index (χ3n) is 11.8. The molecule has 2 bridgehead atoms. The van der Waals surface area contributed by atoms with Crippen LogP contribution in [0.1, 0.15) is 78.0 Å². The Morgan fingerprint density at radius 2 is 1.53 bits per heavy atom. The Bertz CT molecular complexity index is 2360. The number of nitrogens with zero attached hydrogens (tertiary/aromatic N) is 4. The number of ether oxygens (including phenoxy) is 2. The molecule has 1 unspecified atom stereocenters. The van der Waals surface area contributed by atoms with Gasteiger partial charge >= 0.3 is 12.2 Å². The largest absolute Gasteiger partial charge is 0.453 e. The number of fused-ring (bicyclic) bond motifs is 5. The first-order valence-corrected chi connectivity index (χ1v) is 20.8. The topological polar surface area (TPSA) is 175 Å². The minimum Gasteiger partial charge on any atom is -0.453 e. The van der Waals surface area contributed by atoms with Crippen LogP contribution in [0.15, 0.2) is 54.6 Å². The molecule has 0 radical (unpaired) electrons. The van der Waals surface area contributed by atoms with Crippen molar-refractivity contribution in [2.75, 3.05) is 20.8 Å². The maximum atomic E-state index is 14.0. The smallest absolute Gasteiger partial charge is 0.407 e. The van der Waals surface area contributed by atoms with Crippen LogP contribution in [0.4, 0.5) is 9.59 Å². The zero-order valence-corrected chi connectivity index (χ0v) is 35.4. The SMILES string of the molecule is CCCN(Cc1nc2ccc3cc(-c4ccc(-c5[nH]c(C6[C@H]7CC[C@H](C7)N6C(=O)[C@@H](NC(=O)OC)C(C)C)nc5Cl)cc4)ccc3c2[nH]1)C(=O)[C@@H](NC(=O)OC)C(C)C. The van der Waals surface area contributed by atoms with Gasteiger partial charge in [-0.25, -0.2) is 19.6 Å². The number of amides is 4. The number of rotatable bonds is 13. The number of likely N-dealkylation sites (tertiary alicyclic amines) is 1. The zero-order valence-electron chi connectivity index (χ0n) is 34.6. The molecule has 1 aliphatic carbocycles. The van der Waals surface area contributed by atoms with E-state index in [0.717, 1.165) is 64.2 Å². The van der Waals surface area contributed by atoms with Crippen molar-refractivity contribution in [3.05, 3.63) is 71.4 Å². The summed E-state index contributed by atoms with van der Waals surface area (Å²) in [6.07, 6.45) is 2.27. The van der Waals surface area contributed by atoms with Crippen LogP contribution in [0.25, 0.3) is 44.2 Å². The Hall–Kier alpha value is -5.63. The third-order valence-corrected chi connectivity index (χ3v) is 12.0. The van der Waals surface area contributed by atoms with Gasteiger partial charge in [-0.2, -0.15) is 0 Å². The number of H-pyrrole nitrogens is 2. The van der Waals surface area contributed by atoms with Crippen LogP contribution in [0, 0.1) is 17.8 Å². The van der Waals surface area contributed by atoms with Crippen molar-refractivity contribution >= 4 is 57.4 Å².